The molecule has 0 bridgehead atoms. The van der Waals surface area contributed by atoms with Gasteiger partial charge in [0.25, 0.3) is 0 Å². The molecule has 1 aromatic carbocycles. The quantitative estimate of drug-likeness (QED) is 0.265. The number of benzene rings is 1. The van der Waals surface area contributed by atoms with Crippen LogP contribution in [-0.2, 0) is 24.4 Å². The number of Topliss-reactive ketones (excluding diaryl/α,β-unsaturated/α-hetero) is 1. The van der Waals surface area contributed by atoms with E-state index in [0.29, 0.717) is 6.42 Å². The number of hydrogen-bond acceptors (Lipinski definition) is 6. The average molecular weight is 439 g/mol. The third kappa shape index (κ3) is 6.00. The number of hydrogen-bond donors (Lipinski definition) is 4. The first-order chi connectivity index (χ1) is 14.1. The number of carboxylic acids is 1. The van der Waals surface area contributed by atoms with Gasteiger partial charge in [-0.05, 0) is 31.4 Å². The van der Waals surface area contributed by atoms with Crippen molar-refractivity contribution in [2.75, 3.05) is 13.1 Å². The summed E-state index contributed by atoms with van der Waals surface area (Å²) in [7, 11) is -3.90. The first-order valence-corrected chi connectivity index (χ1v) is 10.7. The lowest BCUT2D eigenvalue weighted by Gasteiger charge is -2.25. The third-order valence-corrected chi connectivity index (χ3v) is 6.54. The molecule has 0 aromatic heterocycles. The molecule has 30 heavy (non-hydrogen) atoms. The fourth-order valence-corrected chi connectivity index (χ4v) is 4.78. The number of amides is 1. The topological polar surface area (TPSA) is 185 Å². The smallest absolute Gasteiger partial charge is 0.326 e. The summed E-state index contributed by atoms with van der Waals surface area (Å²) in [5, 5.41) is 11.7. The molecular formula is C18H25N5O6S. The van der Waals surface area contributed by atoms with E-state index in [1.165, 1.54) is 12.1 Å². The number of nitrogens with two attached hydrogens (primary N) is 2. The van der Waals surface area contributed by atoms with E-state index in [1.807, 2.05) is 0 Å². The van der Waals surface area contributed by atoms with Crippen LogP contribution in [0.5, 0.6) is 0 Å². The van der Waals surface area contributed by atoms with Gasteiger partial charge < -0.3 is 21.9 Å². The van der Waals surface area contributed by atoms with Gasteiger partial charge in [0.05, 0.1) is 4.90 Å². The predicted octanol–water partition coefficient (Wildman–Crippen LogP) is -0.968. The third-order valence-electron chi connectivity index (χ3n) is 4.62. The van der Waals surface area contributed by atoms with Crippen molar-refractivity contribution in [3.63, 3.8) is 0 Å². The molecule has 6 N–H and O–H groups in total. The second kappa shape index (κ2) is 10.2. The van der Waals surface area contributed by atoms with Gasteiger partial charge in [0.15, 0.2) is 11.7 Å². The Hall–Kier alpha value is -2.99. The van der Waals surface area contributed by atoms with Gasteiger partial charge in [0, 0.05) is 13.0 Å². The Bertz CT molecular complexity index is 914. The first kappa shape index (κ1) is 23.3. The van der Waals surface area contributed by atoms with Crippen molar-refractivity contribution in [2.45, 2.75) is 42.7 Å². The van der Waals surface area contributed by atoms with Crippen LogP contribution in [0.15, 0.2) is 40.2 Å². The van der Waals surface area contributed by atoms with E-state index in [4.69, 9.17) is 11.5 Å². The lowest BCUT2D eigenvalue weighted by atomic mass is 10.1. The summed E-state index contributed by atoms with van der Waals surface area (Å²) in [6.07, 6.45) is 0.412. The number of rotatable bonds is 10. The molecule has 0 radical (unpaired) electrons. The van der Waals surface area contributed by atoms with Crippen molar-refractivity contribution < 1.29 is 27.9 Å². The summed E-state index contributed by atoms with van der Waals surface area (Å²) < 4.78 is 26.8. The molecule has 1 heterocycles. The Morgan fingerprint density at radius 3 is 2.50 bits per heavy atom. The zero-order chi connectivity index (χ0) is 22.3. The fraction of sp³-hybridized carbons (Fsp3) is 0.444. The van der Waals surface area contributed by atoms with Gasteiger partial charge in [-0.25, -0.2) is 18.2 Å². The van der Waals surface area contributed by atoms with Crippen molar-refractivity contribution in [1.29, 1.82) is 0 Å². The van der Waals surface area contributed by atoms with E-state index in [2.05, 4.69) is 10.3 Å². The van der Waals surface area contributed by atoms with Gasteiger partial charge in [-0.1, -0.05) is 18.2 Å². The number of nitrogens with one attached hydrogen (secondary N) is 1. The molecule has 164 valence electrons. The Balaban J connectivity index is 2.05. The lowest BCUT2D eigenvalue weighted by Crippen LogP contribution is -2.50. The van der Waals surface area contributed by atoms with Crippen molar-refractivity contribution in [3.8, 4) is 0 Å². The Labute approximate surface area is 174 Å². The van der Waals surface area contributed by atoms with Crippen molar-refractivity contribution >= 4 is 33.6 Å². The minimum Gasteiger partial charge on any atom is -0.480 e. The Kier molecular flexibility index (Phi) is 7.89. The molecule has 1 fully saturated rings. The molecule has 1 amide bonds. The number of ketones is 1. The second-order valence-corrected chi connectivity index (χ2v) is 8.70. The van der Waals surface area contributed by atoms with E-state index < -0.39 is 39.8 Å². The number of aliphatic imine (C=N–C) groups is 1. The molecular weight excluding hydrogens is 414 g/mol. The molecule has 0 spiro atoms. The van der Waals surface area contributed by atoms with E-state index in [-0.39, 0.29) is 43.2 Å². The van der Waals surface area contributed by atoms with Gasteiger partial charge in [-0.15, -0.1) is 0 Å². The number of carbonyl (C=O) groups is 3. The summed E-state index contributed by atoms with van der Waals surface area (Å²) in [5.41, 5.74) is 10.3. The summed E-state index contributed by atoms with van der Waals surface area (Å²) in [4.78, 5) is 39.5. The highest BCUT2D eigenvalue weighted by atomic mass is 32.2. The molecule has 1 aromatic rings. The maximum Gasteiger partial charge on any atom is 0.326 e. The van der Waals surface area contributed by atoms with Crippen molar-refractivity contribution in [3.05, 3.63) is 30.3 Å². The van der Waals surface area contributed by atoms with E-state index in [1.54, 1.807) is 18.2 Å². The molecule has 2 atom stereocenters. The number of sulfonamides is 1. The number of aliphatic carboxylic acids is 1. The summed E-state index contributed by atoms with van der Waals surface area (Å²) in [6, 6.07) is 5.35. The van der Waals surface area contributed by atoms with Gasteiger partial charge in [0.2, 0.25) is 15.9 Å². The molecule has 11 nitrogen and oxygen atoms in total. The number of nitrogens with zero attached hydrogens (tertiary/aromatic N) is 2. The molecule has 1 aliphatic rings. The highest BCUT2D eigenvalue weighted by molar-refractivity contribution is 7.89. The van der Waals surface area contributed by atoms with Gasteiger partial charge in [-0.2, -0.15) is 4.31 Å². The van der Waals surface area contributed by atoms with Crippen LogP contribution in [0.1, 0.15) is 25.7 Å². The highest BCUT2D eigenvalue weighted by Gasteiger charge is 2.40. The minimum atomic E-state index is -3.90. The summed E-state index contributed by atoms with van der Waals surface area (Å²) in [5.74, 6) is -2.69. The van der Waals surface area contributed by atoms with Crippen LogP contribution in [0.2, 0.25) is 0 Å². The number of guanidine groups is 1. The van der Waals surface area contributed by atoms with Crippen LogP contribution in [0.3, 0.4) is 0 Å². The Morgan fingerprint density at radius 1 is 1.23 bits per heavy atom. The maximum atomic E-state index is 12.9. The number of carboxylic acid groups (broad SMARTS) is 1. The van der Waals surface area contributed by atoms with Crippen LogP contribution < -0.4 is 16.8 Å². The molecule has 0 saturated carbocycles. The SMILES string of the molecule is NC(N)=NCC(=O)CC[C@H](NC(=O)[C@@H]1CCCN1S(=O)(=O)c1ccccc1)C(=O)O. The zero-order valence-corrected chi connectivity index (χ0v) is 17.0. The summed E-state index contributed by atoms with van der Waals surface area (Å²) in [6.45, 7) is -0.127. The molecule has 1 aliphatic heterocycles. The van der Waals surface area contributed by atoms with E-state index in [9.17, 15) is 27.9 Å². The van der Waals surface area contributed by atoms with E-state index >= 15 is 0 Å². The van der Waals surface area contributed by atoms with E-state index in [0.717, 1.165) is 4.31 Å². The average Bonchev–Trinajstić information content (AvgIpc) is 3.20. The second-order valence-electron chi connectivity index (χ2n) is 6.80. The van der Waals surface area contributed by atoms with Crippen LogP contribution >= 0.6 is 0 Å². The summed E-state index contributed by atoms with van der Waals surface area (Å²) >= 11 is 0. The Morgan fingerprint density at radius 2 is 1.90 bits per heavy atom. The molecule has 0 aliphatic carbocycles. The molecule has 0 unspecified atom stereocenters. The van der Waals surface area contributed by atoms with Gasteiger partial charge in [0.1, 0.15) is 18.6 Å². The van der Waals surface area contributed by atoms with Crippen molar-refractivity contribution in [2.24, 2.45) is 16.5 Å². The zero-order valence-electron chi connectivity index (χ0n) is 16.2. The lowest BCUT2D eigenvalue weighted by molar-refractivity contribution is -0.142. The maximum absolute atomic E-state index is 12.9. The van der Waals surface area contributed by atoms with Crippen LogP contribution in [0.25, 0.3) is 0 Å². The standard InChI is InChI=1S/C18H25N5O6S/c19-18(20)21-11-12(24)8-9-14(17(26)27)22-16(25)15-7-4-10-23(15)30(28,29)13-5-2-1-3-6-13/h1-3,5-6,14-15H,4,7-11H2,(H,22,25)(H,26,27)(H4,19,20,21)/t14-,15-/m0/s1. The van der Waals surface area contributed by atoms with Crippen LogP contribution in [0.4, 0.5) is 0 Å². The molecule has 2 rings (SSSR count). The van der Waals surface area contributed by atoms with Crippen molar-refractivity contribution in [1.82, 2.24) is 9.62 Å². The molecule has 1 saturated heterocycles. The minimum absolute atomic E-state index is 0.0600. The highest BCUT2D eigenvalue weighted by Crippen LogP contribution is 2.26. The van der Waals surface area contributed by atoms with Crippen LogP contribution in [-0.4, -0.2) is 66.6 Å². The largest absolute Gasteiger partial charge is 0.480 e. The normalized spacial score (nSPS) is 17.8. The number of carbonyl (C=O) groups excluding carboxylic acids is 2. The first-order valence-electron chi connectivity index (χ1n) is 9.30. The predicted molar refractivity (Wildman–Crippen MR) is 108 cm³/mol. The molecule has 12 heteroatoms. The van der Waals surface area contributed by atoms with Gasteiger partial charge in [-0.3, -0.25) is 9.59 Å². The van der Waals surface area contributed by atoms with Crippen LogP contribution in [0, 0.1) is 0 Å². The monoisotopic (exact) mass is 439 g/mol. The van der Waals surface area contributed by atoms with Gasteiger partial charge >= 0.3 is 5.97 Å². The fourth-order valence-electron chi connectivity index (χ4n) is 3.11.